The molecule has 7 heteroatoms. The Kier molecular flexibility index (Phi) is 4.41. The van der Waals surface area contributed by atoms with E-state index >= 15 is 0 Å². The highest BCUT2D eigenvalue weighted by atomic mass is 32.1. The van der Waals surface area contributed by atoms with Gasteiger partial charge in [0.25, 0.3) is 11.8 Å². The van der Waals surface area contributed by atoms with Crippen LogP contribution in [-0.2, 0) is 0 Å². The Hall–Kier alpha value is -1.76. The number of primary amides is 1. The highest BCUT2D eigenvalue weighted by Crippen LogP contribution is 2.45. The van der Waals surface area contributed by atoms with Gasteiger partial charge in [0.1, 0.15) is 9.88 Å². The van der Waals surface area contributed by atoms with Gasteiger partial charge in [-0.1, -0.05) is 13.3 Å². The van der Waals surface area contributed by atoms with E-state index in [0.717, 1.165) is 13.0 Å². The van der Waals surface area contributed by atoms with Gasteiger partial charge in [0.15, 0.2) is 0 Å². The van der Waals surface area contributed by atoms with Gasteiger partial charge < -0.3 is 22.1 Å². The van der Waals surface area contributed by atoms with Crippen molar-refractivity contribution in [1.29, 1.82) is 0 Å². The van der Waals surface area contributed by atoms with Gasteiger partial charge in [-0.05, 0) is 24.7 Å². The van der Waals surface area contributed by atoms with Crippen molar-refractivity contribution in [2.24, 2.45) is 11.1 Å². The van der Waals surface area contributed by atoms with E-state index in [1.807, 2.05) is 0 Å². The number of amides is 2. The molecule has 21 heavy (non-hydrogen) atoms. The molecule has 6 nitrogen and oxygen atoms in total. The minimum Gasteiger partial charge on any atom is -0.397 e. The molecule has 1 aromatic rings. The molecular formula is C14H22N4O2S. The molecule has 116 valence electrons. The maximum Gasteiger partial charge on any atom is 0.263 e. The summed E-state index contributed by atoms with van der Waals surface area (Å²) in [5.74, 6) is -0.914. The number of thiophene rings is 1. The maximum atomic E-state index is 11.8. The Bertz CT molecular complexity index is 558. The molecule has 1 heterocycles. The molecule has 0 atom stereocenters. The van der Waals surface area contributed by atoms with Crippen LogP contribution in [-0.4, -0.2) is 25.4 Å². The Morgan fingerprint density at radius 1 is 1.38 bits per heavy atom. The number of rotatable bonds is 6. The summed E-state index contributed by atoms with van der Waals surface area (Å²) in [5, 5.41) is 6.40. The van der Waals surface area contributed by atoms with Crippen LogP contribution in [0.15, 0.2) is 0 Å². The molecule has 0 unspecified atom stereocenters. The van der Waals surface area contributed by atoms with Crippen LogP contribution in [0.2, 0.25) is 0 Å². The lowest BCUT2D eigenvalue weighted by molar-refractivity contribution is 0.0967. The van der Waals surface area contributed by atoms with Gasteiger partial charge in [0.05, 0.1) is 11.3 Å². The van der Waals surface area contributed by atoms with Crippen LogP contribution in [0, 0.1) is 5.41 Å². The number of hydrogen-bond donors (Lipinski definition) is 4. The predicted octanol–water partition coefficient (Wildman–Crippen LogP) is 1.78. The summed E-state index contributed by atoms with van der Waals surface area (Å²) in [5.41, 5.74) is 12.0. The second-order valence-corrected chi connectivity index (χ2v) is 6.57. The first-order valence-electron chi connectivity index (χ1n) is 7.12. The lowest BCUT2D eigenvalue weighted by atomic mass is 9.67. The molecule has 1 saturated carbocycles. The Labute approximate surface area is 128 Å². The number of nitrogens with one attached hydrogen (secondary N) is 2. The van der Waals surface area contributed by atoms with E-state index in [1.165, 1.54) is 37.6 Å². The lowest BCUT2D eigenvalue weighted by Crippen LogP contribution is -2.36. The molecule has 1 aliphatic carbocycles. The zero-order chi connectivity index (χ0) is 15.6. The molecule has 0 saturated heterocycles. The van der Waals surface area contributed by atoms with E-state index in [1.54, 1.807) is 0 Å². The van der Waals surface area contributed by atoms with Gasteiger partial charge in [-0.3, -0.25) is 9.59 Å². The average molecular weight is 310 g/mol. The SMILES string of the molecule is CCC1(CNc2sc(C(=O)NC)c(N)c2C(N)=O)CCC1. The second kappa shape index (κ2) is 5.93. The largest absolute Gasteiger partial charge is 0.397 e. The van der Waals surface area contributed by atoms with Gasteiger partial charge in [-0.2, -0.15) is 0 Å². The molecule has 0 aromatic carbocycles. The van der Waals surface area contributed by atoms with Crippen molar-refractivity contribution in [1.82, 2.24) is 5.32 Å². The topological polar surface area (TPSA) is 110 Å². The van der Waals surface area contributed by atoms with Crippen LogP contribution in [0.3, 0.4) is 0 Å². The standard InChI is InChI=1S/C14H22N4O2S/c1-3-14(5-4-6-14)7-18-13-8(11(16)19)9(15)10(21-13)12(20)17-2/h18H,3-7,15H2,1-2H3,(H2,16,19)(H,17,20). The van der Waals surface area contributed by atoms with E-state index in [0.29, 0.717) is 15.3 Å². The summed E-state index contributed by atoms with van der Waals surface area (Å²) in [7, 11) is 1.53. The molecule has 0 aliphatic heterocycles. The van der Waals surface area contributed by atoms with Crippen molar-refractivity contribution < 1.29 is 9.59 Å². The Morgan fingerprint density at radius 3 is 2.48 bits per heavy atom. The van der Waals surface area contributed by atoms with Gasteiger partial charge >= 0.3 is 0 Å². The van der Waals surface area contributed by atoms with Gasteiger partial charge in [0, 0.05) is 13.6 Å². The van der Waals surface area contributed by atoms with Gasteiger partial charge in [0.2, 0.25) is 0 Å². The van der Waals surface area contributed by atoms with Crippen molar-refractivity contribution in [2.75, 3.05) is 24.6 Å². The number of hydrogen-bond acceptors (Lipinski definition) is 5. The molecule has 1 fully saturated rings. The summed E-state index contributed by atoms with van der Waals surface area (Å²) in [6.07, 6.45) is 4.71. The fourth-order valence-electron chi connectivity index (χ4n) is 2.70. The van der Waals surface area contributed by atoms with E-state index < -0.39 is 5.91 Å². The number of carbonyl (C=O) groups excluding carboxylic acids is 2. The highest BCUT2D eigenvalue weighted by Gasteiger charge is 2.35. The zero-order valence-corrected chi connectivity index (χ0v) is 13.2. The fraction of sp³-hybridized carbons (Fsp3) is 0.571. The van der Waals surface area contributed by atoms with Crippen LogP contribution in [0.4, 0.5) is 10.7 Å². The van der Waals surface area contributed by atoms with E-state index in [4.69, 9.17) is 11.5 Å². The second-order valence-electron chi connectivity index (χ2n) is 5.55. The van der Waals surface area contributed by atoms with Crippen LogP contribution in [0.1, 0.15) is 52.6 Å². The normalized spacial score (nSPS) is 16.1. The third-order valence-corrected chi connectivity index (χ3v) is 5.58. The number of carbonyl (C=O) groups is 2. The third kappa shape index (κ3) is 2.83. The quantitative estimate of drug-likeness (QED) is 0.642. The van der Waals surface area contributed by atoms with Crippen molar-refractivity contribution in [3.05, 3.63) is 10.4 Å². The zero-order valence-electron chi connectivity index (χ0n) is 12.4. The van der Waals surface area contributed by atoms with Gasteiger partial charge in [-0.25, -0.2) is 0 Å². The predicted molar refractivity (Wildman–Crippen MR) is 85.7 cm³/mol. The summed E-state index contributed by atoms with van der Waals surface area (Å²) in [6, 6.07) is 0. The number of anilines is 2. The first kappa shape index (κ1) is 15.6. The van der Waals surface area contributed by atoms with Crippen molar-refractivity contribution in [2.45, 2.75) is 32.6 Å². The molecular weight excluding hydrogens is 288 g/mol. The van der Waals surface area contributed by atoms with Crippen LogP contribution in [0.25, 0.3) is 0 Å². The Balaban J connectivity index is 2.25. The monoisotopic (exact) mass is 310 g/mol. The molecule has 2 rings (SSSR count). The lowest BCUT2D eigenvalue weighted by Gasteiger charge is -2.41. The minimum atomic E-state index is -0.611. The molecule has 2 amide bonds. The van der Waals surface area contributed by atoms with Gasteiger partial charge in [-0.15, -0.1) is 11.3 Å². The summed E-state index contributed by atoms with van der Waals surface area (Å²) in [4.78, 5) is 23.7. The Morgan fingerprint density at radius 2 is 2.05 bits per heavy atom. The first-order chi connectivity index (χ1) is 9.94. The fourth-order valence-corrected chi connectivity index (χ4v) is 3.76. The van der Waals surface area contributed by atoms with E-state index in [9.17, 15) is 9.59 Å². The highest BCUT2D eigenvalue weighted by molar-refractivity contribution is 7.19. The summed E-state index contributed by atoms with van der Waals surface area (Å²) in [6.45, 7) is 2.95. The van der Waals surface area contributed by atoms with Crippen LogP contribution >= 0.6 is 11.3 Å². The molecule has 1 aromatic heterocycles. The van der Waals surface area contributed by atoms with E-state index in [-0.39, 0.29) is 17.2 Å². The van der Waals surface area contributed by atoms with Crippen molar-refractivity contribution >= 4 is 33.8 Å². The van der Waals surface area contributed by atoms with Crippen LogP contribution in [0.5, 0.6) is 0 Å². The summed E-state index contributed by atoms with van der Waals surface area (Å²) < 4.78 is 0. The number of nitrogen functional groups attached to an aromatic ring is 1. The number of nitrogens with two attached hydrogens (primary N) is 2. The van der Waals surface area contributed by atoms with Crippen molar-refractivity contribution in [3.63, 3.8) is 0 Å². The molecule has 6 N–H and O–H groups in total. The summed E-state index contributed by atoms with van der Waals surface area (Å²) >= 11 is 1.18. The maximum absolute atomic E-state index is 11.8. The molecule has 0 spiro atoms. The average Bonchev–Trinajstić information content (AvgIpc) is 2.74. The minimum absolute atomic E-state index is 0.161. The third-order valence-electron chi connectivity index (χ3n) is 4.41. The first-order valence-corrected chi connectivity index (χ1v) is 7.94. The smallest absolute Gasteiger partial charge is 0.263 e. The molecule has 1 aliphatic rings. The van der Waals surface area contributed by atoms with Crippen LogP contribution < -0.4 is 22.1 Å². The molecule has 0 bridgehead atoms. The van der Waals surface area contributed by atoms with E-state index in [2.05, 4.69) is 17.6 Å². The van der Waals surface area contributed by atoms with Crippen molar-refractivity contribution in [3.8, 4) is 0 Å². The molecule has 0 radical (unpaired) electrons.